The molecule has 1 aromatic carbocycles. The lowest BCUT2D eigenvalue weighted by Gasteiger charge is -2.06. The Kier molecular flexibility index (Phi) is 4.66. The molecule has 0 amide bonds. The molecule has 1 aromatic heterocycles. The third-order valence-corrected chi connectivity index (χ3v) is 3.27. The molecule has 94 valence electrons. The van der Waals surface area contributed by atoms with Gasteiger partial charge in [-0.2, -0.15) is 0 Å². The topological polar surface area (TPSA) is 61.0 Å². The molecule has 0 spiro atoms. The van der Waals surface area contributed by atoms with Gasteiger partial charge in [-0.05, 0) is 18.2 Å². The van der Waals surface area contributed by atoms with Crippen molar-refractivity contribution in [2.24, 2.45) is 0 Å². The number of benzene rings is 1. The highest BCUT2D eigenvalue weighted by Gasteiger charge is 2.02. The Hall–Kier alpha value is -1.46. The minimum atomic E-state index is 0.449. The van der Waals surface area contributed by atoms with Crippen LogP contribution in [0, 0.1) is 0 Å². The van der Waals surface area contributed by atoms with Crippen molar-refractivity contribution >= 4 is 29.2 Å². The molecule has 1 heterocycles. The van der Waals surface area contributed by atoms with Gasteiger partial charge in [0.2, 0.25) is 0 Å². The van der Waals surface area contributed by atoms with Gasteiger partial charge in [0.05, 0.1) is 6.61 Å². The van der Waals surface area contributed by atoms with Crippen molar-refractivity contribution in [2.45, 2.75) is 5.03 Å². The first kappa shape index (κ1) is 13.0. The summed E-state index contributed by atoms with van der Waals surface area (Å²) in [5.74, 6) is 1.95. The van der Waals surface area contributed by atoms with Gasteiger partial charge in [-0.1, -0.05) is 29.4 Å². The van der Waals surface area contributed by atoms with Crippen LogP contribution in [0.2, 0.25) is 5.02 Å². The Morgan fingerprint density at radius 2 is 2.11 bits per heavy atom. The Morgan fingerprint density at radius 3 is 2.89 bits per heavy atom. The summed E-state index contributed by atoms with van der Waals surface area (Å²) in [6.07, 6.45) is 3.19. The summed E-state index contributed by atoms with van der Waals surface area (Å²) < 4.78 is 5.55. The number of aromatic nitrogens is 2. The summed E-state index contributed by atoms with van der Waals surface area (Å²) in [5.41, 5.74) is 5.68. The van der Waals surface area contributed by atoms with Gasteiger partial charge in [-0.25, -0.2) is 9.97 Å². The molecular formula is C12H12ClN3OS. The summed E-state index contributed by atoms with van der Waals surface area (Å²) in [7, 11) is 0. The van der Waals surface area contributed by atoms with E-state index in [2.05, 4.69) is 9.97 Å². The average molecular weight is 282 g/mol. The molecule has 0 saturated carbocycles. The molecule has 0 aliphatic heterocycles. The number of thioether (sulfide) groups is 1. The maximum Gasteiger partial charge on any atom is 0.156 e. The molecule has 4 nitrogen and oxygen atoms in total. The number of rotatable bonds is 5. The van der Waals surface area contributed by atoms with Crippen molar-refractivity contribution in [1.29, 1.82) is 0 Å². The molecule has 18 heavy (non-hydrogen) atoms. The third-order valence-electron chi connectivity index (χ3n) is 2.08. The zero-order valence-electron chi connectivity index (χ0n) is 9.54. The molecule has 0 radical (unpaired) electrons. The van der Waals surface area contributed by atoms with Crippen molar-refractivity contribution in [2.75, 3.05) is 18.1 Å². The van der Waals surface area contributed by atoms with Crippen LogP contribution in [0.4, 0.5) is 5.82 Å². The van der Waals surface area contributed by atoms with E-state index in [4.69, 9.17) is 22.1 Å². The number of nitrogens with zero attached hydrogens (tertiary/aromatic N) is 2. The fourth-order valence-electron chi connectivity index (χ4n) is 1.30. The predicted octanol–water partition coefficient (Wildman–Crippen LogP) is 2.88. The van der Waals surface area contributed by atoms with Gasteiger partial charge in [0, 0.05) is 23.2 Å². The summed E-state index contributed by atoms with van der Waals surface area (Å²) in [6.45, 7) is 0.557. The van der Waals surface area contributed by atoms with E-state index in [1.807, 2.05) is 18.2 Å². The second-order valence-corrected chi connectivity index (χ2v) is 4.92. The van der Waals surface area contributed by atoms with Crippen LogP contribution in [0.15, 0.2) is 41.7 Å². The zero-order chi connectivity index (χ0) is 12.8. The molecule has 0 fully saturated rings. The summed E-state index contributed by atoms with van der Waals surface area (Å²) >= 11 is 7.37. The van der Waals surface area contributed by atoms with E-state index in [9.17, 15) is 0 Å². The number of halogens is 1. The Labute approximate surface area is 115 Å². The van der Waals surface area contributed by atoms with Gasteiger partial charge < -0.3 is 10.5 Å². The van der Waals surface area contributed by atoms with Crippen LogP contribution >= 0.6 is 23.4 Å². The largest absolute Gasteiger partial charge is 0.493 e. The summed E-state index contributed by atoms with van der Waals surface area (Å²) in [5, 5.41) is 1.39. The SMILES string of the molecule is Nc1nccnc1SCCOc1cccc(Cl)c1. The van der Waals surface area contributed by atoms with Gasteiger partial charge in [0.1, 0.15) is 10.8 Å². The lowest BCUT2D eigenvalue weighted by molar-refractivity contribution is 0.344. The molecular weight excluding hydrogens is 270 g/mol. The number of nitrogen functional groups attached to an aromatic ring is 1. The van der Waals surface area contributed by atoms with Crippen molar-refractivity contribution in [1.82, 2.24) is 9.97 Å². The molecule has 6 heteroatoms. The summed E-state index contributed by atoms with van der Waals surface area (Å²) in [4.78, 5) is 8.10. The summed E-state index contributed by atoms with van der Waals surface area (Å²) in [6, 6.07) is 7.31. The van der Waals surface area contributed by atoms with Gasteiger partial charge >= 0.3 is 0 Å². The van der Waals surface area contributed by atoms with Crippen molar-refractivity contribution in [3.05, 3.63) is 41.7 Å². The van der Waals surface area contributed by atoms with Crippen LogP contribution in [0.5, 0.6) is 5.75 Å². The van der Waals surface area contributed by atoms with Crippen molar-refractivity contribution < 1.29 is 4.74 Å². The lowest BCUT2D eigenvalue weighted by atomic mass is 10.3. The van der Waals surface area contributed by atoms with E-state index in [0.29, 0.717) is 17.4 Å². The normalized spacial score (nSPS) is 10.3. The zero-order valence-corrected chi connectivity index (χ0v) is 11.1. The van der Waals surface area contributed by atoms with Crippen LogP contribution in [0.3, 0.4) is 0 Å². The maximum absolute atomic E-state index is 5.85. The van der Waals surface area contributed by atoms with E-state index in [1.165, 1.54) is 11.8 Å². The molecule has 2 aromatic rings. The minimum absolute atomic E-state index is 0.449. The molecule has 0 bridgehead atoms. The highest BCUT2D eigenvalue weighted by molar-refractivity contribution is 7.99. The number of hydrogen-bond donors (Lipinski definition) is 1. The molecule has 0 saturated heterocycles. The van der Waals surface area contributed by atoms with E-state index in [1.54, 1.807) is 18.5 Å². The molecule has 2 N–H and O–H groups in total. The minimum Gasteiger partial charge on any atom is -0.493 e. The molecule has 0 unspecified atom stereocenters. The molecule has 0 aliphatic carbocycles. The van der Waals surface area contributed by atoms with Crippen LogP contribution in [-0.4, -0.2) is 22.3 Å². The second kappa shape index (κ2) is 6.47. The number of anilines is 1. The number of hydrogen-bond acceptors (Lipinski definition) is 5. The number of ether oxygens (including phenoxy) is 1. The lowest BCUT2D eigenvalue weighted by Crippen LogP contribution is -2.02. The van der Waals surface area contributed by atoms with Gasteiger partial charge in [-0.15, -0.1) is 0 Å². The van der Waals surface area contributed by atoms with Crippen LogP contribution in [0.1, 0.15) is 0 Å². The molecule has 0 aliphatic rings. The van der Waals surface area contributed by atoms with E-state index >= 15 is 0 Å². The standard InChI is InChI=1S/C12H12ClN3OS/c13-9-2-1-3-10(8-9)17-6-7-18-12-11(14)15-4-5-16-12/h1-5,8H,6-7H2,(H2,14,15). The average Bonchev–Trinajstić information content (AvgIpc) is 2.37. The first-order chi connectivity index (χ1) is 8.75. The fourth-order valence-corrected chi connectivity index (χ4v) is 2.18. The fraction of sp³-hybridized carbons (Fsp3) is 0.167. The second-order valence-electron chi connectivity index (χ2n) is 3.40. The monoisotopic (exact) mass is 281 g/mol. The van der Waals surface area contributed by atoms with Gasteiger partial charge in [0.15, 0.2) is 5.82 Å². The van der Waals surface area contributed by atoms with E-state index in [0.717, 1.165) is 16.5 Å². The van der Waals surface area contributed by atoms with Crippen molar-refractivity contribution in [3.63, 3.8) is 0 Å². The first-order valence-electron chi connectivity index (χ1n) is 5.33. The Balaban J connectivity index is 1.78. The van der Waals surface area contributed by atoms with Crippen LogP contribution < -0.4 is 10.5 Å². The maximum atomic E-state index is 5.85. The van der Waals surface area contributed by atoms with E-state index in [-0.39, 0.29) is 0 Å². The predicted molar refractivity (Wildman–Crippen MR) is 74.1 cm³/mol. The molecule has 2 rings (SSSR count). The van der Waals surface area contributed by atoms with Gasteiger partial charge in [-0.3, -0.25) is 0 Å². The van der Waals surface area contributed by atoms with Gasteiger partial charge in [0.25, 0.3) is 0 Å². The third kappa shape index (κ3) is 3.78. The van der Waals surface area contributed by atoms with Crippen LogP contribution in [-0.2, 0) is 0 Å². The quantitative estimate of drug-likeness (QED) is 0.674. The first-order valence-corrected chi connectivity index (χ1v) is 6.70. The highest BCUT2D eigenvalue weighted by Crippen LogP contribution is 2.21. The van der Waals surface area contributed by atoms with Crippen LogP contribution in [0.25, 0.3) is 0 Å². The van der Waals surface area contributed by atoms with Crippen molar-refractivity contribution in [3.8, 4) is 5.75 Å². The Morgan fingerprint density at radius 1 is 1.28 bits per heavy atom. The number of nitrogens with two attached hydrogens (primary N) is 1. The van der Waals surface area contributed by atoms with E-state index < -0.39 is 0 Å². The highest BCUT2D eigenvalue weighted by atomic mass is 35.5. The smallest absolute Gasteiger partial charge is 0.156 e. The molecule has 0 atom stereocenters. The Bertz CT molecular complexity index is 524.